The van der Waals surface area contributed by atoms with Crippen LogP contribution in [-0.2, 0) is 11.4 Å². The van der Waals surface area contributed by atoms with Crippen LogP contribution in [0.1, 0.15) is 24.8 Å². The van der Waals surface area contributed by atoms with Crippen molar-refractivity contribution < 1.29 is 32.5 Å². The molecule has 0 aliphatic carbocycles. The fraction of sp³-hybridized carbons (Fsp3) is 0.290. The summed E-state index contributed by atoms with van der Waals surface area (Å²) in [6.45, 7) is 4.63. The molecule has 220 valence electrons. The molecule has 42 heavy (non-hydrogen) atoms. The molecule has 3 N–H and O–H groups in total. The lowest BCUT2D eigenvalue weighted by Crippen LogP contribution is -2.33. The van der Waals surface area contributed by atoms with Gasteiger partial charge in [0, 0.05) is 22.8 Å². The number of fused-ring (bicyclic) bond motifs is 2. The Labute approximate surface area is 240 Å². The molecule has 1 fully saturated rings. The van der Waals surface area contributed by atoms with E-state index in [-0.39, 0.29) is 0 Å². The van der Waals surface area contributed by atoms with Crippen LogP contribution in [0.15, 0.2) is 72.8 Å². The number of aromatic amines is 2. The molecule has 0 bridgehead atoms. The molecule has 5 aromatic rings. The molecular weight excluding hydrogens is 549 g/mol. The molecule has 1 saturated heterocycles. The average molecular weight is 581 g/mol. The van der Waals surface area contributed by atoms with Gasteiger partial charge in [-0.15, -0.1) is 0 Å². The molecule has 6 rings (SSSR count). The highest BCUT2D eigenvalue weighted by atomic mass is 19.4. The number of hydrogen-bond donors (Lipinski definition) is 3. The molecule has 1 aliphatic heterocycles. The molecule has 0 radical (unpaired) electrons. The highest BCUT2D eigenvalue weighted by molar-refractivity contribution is 5.96. The minimum absolute atomic E-state index is 0.534. The van der Waals surface area contributed by atoms with Gasteiger partial charge in [0.2, 0.25) is 0 Å². The minimum Gasteiger partial charge on any atom is -0.492 e. The van der Waals surface area contributed by atoms with Crippen LogP contribution in [0, 0.1) is 0 Å². The highest BCUT2D eigenvalue weighted by Crippen LogP contribution is 2.32. The number of piperidine rings is 1. The number of alkyl halides is 3. The number of nitrogens with zero attached hydrogens (tertiary/aromatic N) is 2. The largest absolute Gasteiger partial charge is 0.492 e. The Kier molecular flexibility index (Phi) is 8.97. The molecule has 3 heterocycles. The van der Waals surface area contributed by atoms with Gasteiger partial charge in [0.05, 0.1) is 11.2 Å². The van der Waals surface area contributed by atoms with E-state index in [4.69, 9.17) is 19.4 Å². The van der Waals surface area contributed by atoms with E-state index < -0.39 is 12.1 Å². The van der Waals surface area contributed by atoms with Gasteiger partial charge in [-0.2, -0.15) is 18.3 Å². The first-order valence-electron chi connectivity index (χ1n) is 13.7. The molecule has 0 saturated carbocycles. The van der Waals surface area contributed by atoms with Crippen molar-refractivity contribution in [2.45, 2.75) is 32.0 Å². The van der Waals surface area contributed by atoms with E-state index in [0.717, 1.165) is 63.4 Å². The maximum Gasteiger partial charge on any atom is 0.490 e. The van der Waals surface area contributed by atoms with Gasteiger partial charge >= 0.3 is 12.1 Å². The first-order chi connectivity index (χ1) is 20.3. The van der Waals surface area contributed by atoms with E-state index in [1.54, 1.807) is 0 Å². The van der Waals surface area contributed by atoms with Gasteiger partial charge in [-0.05, 0) is 74.0 Å². The zero-order chi connectivity index (χ0) is 29.5. The smallest absolute Gasteiger partial charge is 0.490 e. The summed E-state index contributed by atoms with van der Waals surface area (Å²) < 4.78 is 43.9. The van der Waals surface area contributed by atoms with E-state index in [9.17, 15) is 13.2 Å². The van der Waals surface area contributed by atoms with Crippen molar-refractivity contribution in [3.8, 4) is 22.9 Å². The third-order valence-corrected chi connectivity index (χ3v) is 7.00. The van der Waals surface area contributed by atoms with Gasteiger partial charge in [-0.25, -0.2) is 4.79 Å². The number of carbonyl (C=O) groups is 1. The quantitative estimate of drug-likeness (QED) is 0.187. The van der Waals surface area contributed by atoms with E-state index in [2.05, 4.69) is 56.5 Å². The van der Waals surface area contributed by atoms with Gasteiger partial charge in [0.1, 0.15) is 30.4 Å². The molecule has 0 atom stereocenters. The van der Waals surface area contributed by atoms with Gasteiger partial charge < -0.3 is 19.6 Å². The number of carboxylic acid groups (broad SMARTS) is 1. The third-order valence-electron chi connectivity index (χ3n) is 7.00. The number of nitrogens with one attached hydrogen (secondary N) is 2. The Hall–Kier alpha value is -4.51. The van der Waals surface area contributed by atoms with Crippen LogP contribution < -0.4 is 9.47 Å². The van der Waals surface area contributed by atoms with Crippen molar-refractivity contribution in [1.29, 1.82) is 0 Å². The summed E-state index contributed by atoms with van der Waals surface area (Å²) in [4.78, 5) is 14.9. The molecular formula is C31H31F3N4O4. The van der Waals surface area contributed by atoms with Crippen LogP contribution in [0.25, 0.3) is 33.2 Å². The van der Waals surface area contributed by atoms with Crippen molar-refractivity contribution in [2.75, 3.05) is 26.2 Å². The van der Waals surface area contributed by atoms with E-state index in [1.807, 2.05) is 36.4 Å². The Morgan fingerprint density at radius 3 is 2.31 bits per heavy atom. The number of ether oxygens (including phenoxy) is 2. The van der Waals surface area contributed by atoms with Crippen LogP contribution in [0.2, 0.25) is 0 Å². The van der Waals surface area contributed by atoms with Gasteiger partial charge in [0.15, 0.2) is 0 Å². The first kappa shape index (κ1) is 29.0. The highest BCUT2D eigenvalue weighted by Gasteiger charge is 2.38. The van der Waals surface area contributed by atoms with E-state index in [0.29, 0.717) is 6.61 Å². The van der Waals surface area contributed by atoms with Gasteiger partial charge in [-0.1, -0.05) is 36.8 Å². The number of likely N-dealkylation sites (tertiary alicyclic amines) is 1. The van der Waals surface area contributed by atoms with Crippen molar-refractivity contribution >= 4 is 27.8 Å². The van der Waals surface area contributed by atoms with Crippen LogP contribution >= 0.6 is 0 Å². The monoisotopic (exact) mass is 580 g/mol. The number of H-pyrrole nitrogens is 2. The average Bonchev–Trinajstić information content (AvgIpc) is 3.60. The summed E-state index contributed by atoms with van der Waals surface area (Å²) in [5.41, 5.74) is 5.04. The number of halogens is 3. The Balaban J connectivity index is 0.000000451. The maximum absolute atomic E-state index is 10.6. The molecule has 0 spiro atoms. The number of hydrogen-bond acceptors (Lipinski definition) is 5. The van der Waals surface area contributed by atoms with Crippen molar-refractivity contribution in [3.63, 3.8) is 0 Å². The third kappa shape index (κ3) is 7.41. The van der Waals surface area contributed by atoms with Gasteiger partial charge in [-0.3, -0.25) is 10.00 Å². The molecule has 11 heteroatoms. The topological polar surface area (TPSA) is 103 Å². The zero-order valence-electron chi connectivity index (χ0n) is 22.8. The summed E-state index contributed by atoms with van der Waals surface area (Å²) in [7, 11) is 0. The van der Waals surface area contributed by atoms with Gasteiger partial charge in [0.25, 0.3) is 0 Å². The van der Waals surface area contributed by atoms with Crippen molar-refractivity contribution in [1.82, 2.24) is 20.1 Å². The van der Waals surface area contributed by atoms with Crippen LogP contribution in [-0.4, -0.2) is 63.6 Å². The second-order valence-corrected chi connectivity index (χ2v) is 10.0. The number of aromatic nitrogens is 3. The summed E-state index contributed by atoms with van der Waals surface area (Å²) in [5, 5.41) is 17.0. The molecule has 2 aromatic heterocycles. The molecule has 3 aromatic carbocycles. The SMILES string of the molecule is O=C(O)C(F)(F)F.c1ccc(COc2ccc3[nH]nc(-c4cc5cc(OCCN6CCCCC6)ccc5[nH]4)c3c2)cc1. The standard InChI is InChI=1S/C29H30N4O2.C2HF3O2/c1-3-7-21(8-4-1)20-35-24-10-12-27-25(19-24)29(32-31-27)28-18-22-17-23(9-11-26(22)30-28)34-16-15-33-13-5-2-6-14-33;3-2(4,5)1(6)7/h1,3-4,7-12,17-19,30H,2,5-6,13-16,20H2,(H,31,32);(H,6,7). The normalized spacial score (nSPS) is 14.0. The first-order valence-corrected chi connectivity index (χ1v) is 13.7. The van der Waals surface area contributed by atoms with E-state index in [1.165, 1.54) is 32.4 Å². The lowest BCUT2D eigenvalue weighted by Gasteiger charge is -2.26. The summed E-state index contributed by atoms with van der Waals surface area (Å²) in [6, 6.07) is 24.6. The summed E-state index contributed by atoms with van der Waals surface area (Å²) >= 11 is 0. The van der Waals surface area contributed by atoms with Crippen LogP contribution in [0.3, 0.4) is 0 Å². The molecule has 1 aliphatic rings. The second-order valence-electron chi connectivity index (χ2n) is 10.0. The second kappa shape index (κ2) is 13.0. The fourth-order valence-corrected chi connectivity index (χ4v) is 4.83. The minimum atomic E-state index is -5.08. The lowest BCUT2D eigenvalue weighted by atomic mass is 10.1. The maximum atomic E-state index is 10.6. The number of benzene rings is 3. The molecule has 0 amide bonds. The Morgan fingerprint density at radius 1 is 0.905 bits per heavy atom. The lowest BCUT2D eigenvalue weighted by molar-refractivity contribution is -0.192. The Bertz CT molecular complexity index is 1630. The Morgan fingerprint density at radius 2 is 1.60 bits per heavy atom. The number of rotatable bonds is 8. The fourth-order valence-electron chi connectivity index (χ4n) is 4.83. The zero-order valence-corrected chi connectivity index (χ0v) is 22.8. The number of aliphatic carboxylic acids is 1. The summed E-state index contributed by atoms with van der Waals surface area (Å²) in [5.74, 6) is -1.03. The molecule has 0 unspecified atom stereocenters. The van der Waals surface area contributed by atoms with Crippen molar-refractivity contribution in [3.05, 3.63) is 78.4 Å². The predicted molar refractivity (Wildman–Crippen MR) is 154 cm³/mol. The predicted octanol–water partition coefficient (Wildman–Crippen LogP) is 6.79. The van der Waals surface area contributed by atoms with Crippen LogP contribution in [0.5, 0.6) is 11.5 Å². The number of carboxylic acids is 1. The van der Waals surface area contributed by atoms with E-state index >= 15 is 0 Å². The van der Waals surface area contributed by atoms with Crippen molar-refractivity contribution in [2.24, 2.45) is 0 Å². The summed E-state index contributed by atoms with van der Waals surface area (Å²) in [6.07, 6.45) is -1.11. The molecule has 8 nitrogen and oxygen atoms in total. The van der Waals surface area contributed by atoms with Crippen LogP contribution in [0.4, 0.5) is 13.2 Å².